The van der Waals surface area contributed by atoms with Crippen molar-refractivity contribution in [3.05, 3.63) is 23.8 Å². The van der Waals surface area contributed by atoms with Gasteiger partial charge >= 0.3 is 0 Å². The standard InChI is InChI=1S/C12H19NO2S/c1-4-5-8-13-12-9-11(16(3,14)15)7-6-10(12)2/h6-7,9,13H,4-5,8H2,1-3H3. The summed E-state index contributed by atoms with van der Waals surface area (Å²) in [6, 6.07) is 5.20. The van der Waals surface area contributed by atoms with Gasteiger partial charge in [-0.1, -0.05) is 19.4 Å². The molecule has 0 aliphatic carbocycles. The quantitative estimate of drug-likeness (QED) is 0.806. The Bertz CT molecular complexity index is 452. The summed E-state index contributed by atoms with van der Waals surface area (Å²) in [5.74, 6) is 0. The molecule has 0 amide bonds. The van der Waals surface area contributed by atoms with Crippen LogP contribution in [0.4, 0.5) is 5.69 Å². The highest BCUT2D eigenvalue weighted by molar-refractivity contribution is 7.90. The summed E-state index contributed by atoms with van der Waals surface area (Å²) >= 11 is 0. The van der Waals surface area contributed by atoms with Gasteiger partial charge in [0.05, 0.1) is 4.90 Å². The number of nitrogens with one attached hydrogen (secondary N) is 1. The molecule has 0 radical (unpaired) electrons. The summed E-state index contributed by atoms with van der Waals surface area (Å²) in [5, 5.41) is 3.26. The summed E-state index contributed by atoms with van der Waals surface area (Å²) < 4.78 is 22.8. The number of sulfone groups is 1. The van der Waals surface area contributed by atoms with Gasteiger partial charge in [0.15, 0.2) is 9.84 Å². The molecule has 0 heterocycles. The van der Waals surface area contributed by atoms with Gasteiger partial charge in [-0.15, -0.1) is 0 Å². The summed E-state index contributed by atoms with van der Waals surface area (Å²) in [5.41, 5.74) is 1.99. The molecule has 90 valence electrons. The van der Waals surface area contributed by atoms with Gasteiger partial charge in [0.2, 0.25) is 0 Å². The maximum Gasteiger partial charge on any atom is 0.175 e. The molecule has 0 saturated carbocycles. The van der Waals surface area contributed by atoms with E-state index in [1.165, 1.54) is 6.26 Å². The van der Waals surface area contributed by atoms with Crippen LogP contribution in [-0.4, -0.2) is 21.2 Å². The molecule has 4 heteroatoms. The van der Waals surface area contributed by atoms with Crippen molar-refractivity contribution < 1.29 is 8.42 Å². The van der Waals surface area contributed by atoms with E-state index in [2.05, 4.69) is 12.2 Å². The topological polar surface area (TPSA) is 46.2 Å². The van der Waals surface area contributed by atoms with Crippen molar-refractivity contribution in [1.82, 2.24) is 0 Å². The first-order valence-electron chi connectivity index (χ1n) is 5.49. The van der Waals surface area contributed by atoms with Crippen molar-refractivity contribution in [3.8, 4) is 0 Å². The third-order valence-corrected chi connectivity index (χ3v) is 3.59. The van der Waals surface area contributed by atoms with Gasteiger partial charge in [0, 0.05) is 18.5 Å². The van der Waals surface area contributed by atoms with Crippen LogP contribution in [0, 0.1) is 6.92 Å². The average Bonchev–Trinajstić information content (AvgIpc) is 2.19. The van der Waals surface area contributed by atoms with Crippen molar-refractivity contribution in [2.24, 2.45) is 0 Å². The lowest BCUT2D eigenvalue weighted by molar-refractivity contribution is 0.602. The first kappa shape index (κ1) is 13.0. The summed E-state index contributed by atoms with van der Waals surface area (Å²) in [6.45, 7) is 4.98. The van der Waals surface area contributed by atoms with E-state index >= 15 is 0 Å². The summed E-state index contributed by atoms with van der Waals surface area (Å²) in [4.78, 5) is 0.372. The van der Waals surface area contributed by atoms with Gasteiger partial charge in [-0.3, -0.25) is 0 Å². The van der Waals surface area contributed by atoms with Gasteiger partial charge in [-0.2, -0.15) is 0 Å². The Morgan fingerprint density at radius 1 is 1.31 bits per heavy atom. The Labute approximate surface area is 97.8 Å². The van der Waals surface area contributed by atoms with E-state index in [-0.39, 0.29) is 0 Å². The highest BCUT2D eigenvalue weighted by Crippen LogP contribution is 2.20. The minimum atomic E-state index is -3.11. The lowest BCUT2D eigenvalue weighted by atomic mass is 10.2. The molecule has 1 rings (SSSR count). The SMILES string of the molecule is CCCCNc1cc(S(C)(=O)=O)ccc1C. The van der Waals surface area contributed by atoms with Gasteiger partial charge < -0.3 is 5.32 Å². The largest absolute Gasteiger partial charge is 0.385 e. The number of benzene rings is 1. The average molecular weight is 241 g/mol. The zero-order valence-electron chi connectivity index (χ0n) is 10.1. The number of anilines is 1. The van der Waals surface area contributed by atoms with Gasteiger partial charge in [0.25, 0.3) is 0 Å². The fraction of sp³-hybridized carbons (Fsp3) is 0.500. The van der Waals surface area contributed by atoms with Crippen LogP contribution in [0.15, 0.2) is 23.1 Å². The van der Waals surface area contributed by atoms with Crippen LogP contribution in [0.3, 0.4) is 0 Å². The molecule has 0 aromatic heterocycles. The predicted molar refractivity (Wildman–Crippen MR) is 67.7 cm³/mol. The molecule has 1 aromatic carbocycles. The van der Waals surface area contributed by atoms with E-state index in [0.29, 0.717) is 4.90 Å². The van der Waals surface area contributed by atoms with Crippen LogP contribution >= 0.6 is 0 Å². The van der Waals surface area contributed by atoms with Crippen molar-refractivity contribution >= 4 is 15.5 Å². The van der Waals surface area contributed by atoms with E-state index in [1.54, 1.807) is 12.1 Å². The first-order valence-corrected chi connectivity index (χ1v) is 7.39. The zero-order valence-corrected chi connectivity index (χ0v) is 10.9. The molecule has 0 unspecified atom stereocenters. The van der Waals surface area contributed by atoms with Crippen molar-refractivity contribution in [1.29, 1.82) is 0 Å². The Hall–Kier alpha value is -1.03. The van der Waals surface area contributed by atoms with Crippen LogP contribution in [0.2, 0.25) is 0 Å². The molecule has 16 heavy (non-hydrogen) atoms. The second kappa shape index (κ2) is 5.34. The van der Waals surface area contributed by atoms with Crippen LogP contribution in [0.25, 0.3) is 0 Å². The number of hydrogen-bond acceptors (Lipinski definition) is 3. The second-order valence-corrected chi connectivity index (χ2v) is 6.04. The molecular formula is C12H19NO2S. The molecule has 0 bridgehead atoms. The fourth-order valence-electron chi connectivity index (χ4n) is 1.42. The van der Waals surface area contributed by atoms with E-state index < -0.39 is 9.84 Å². The summed E-state index contributed by atoms with van der Waals surface area (Å²) in [6.07, 6.45) is 3.44. The molecule has 0 atom stereocenters. The van der Waals surface area contributed by atoms with Crippen LogP contribution in [0.5, 0.6) is 0 Å². The third kappa shape index (κ3) is 3.52. The van der Waals surface area contributed by atoms with Crippen molar-refractivity contribution in [2.45, 2.75) is 31.6 Å². The van der Waals surface area contributed by atoms with Crippen LogP contribution in [-0.2, 0) is 9.84 Å². The lowest BCUT2D eigenvalue weighted by Gasteiger charge is -2.10. The minimum absolute atomic E-state index is 0.372. The van der Waals surface area contributed by atoms with E-state index in [4.69, 9.17) is 0 Å². The molecule has 0 aliphatic rings. The van der Waals surface area contributed by atoms with E-state index in [1.807, 2.05) is 13.0 Å². The van der Waals surface area contributed by atoms with Crippen LogP contribution in [0.1, 0.15) is 25.3 Å². The molecule has 0 spiro atoms. The third-order valence-electron chi connectivity index (χ3n) is 2.48. The monoisotopic (exact) mass is 241 g/mol. The molecule has 0 aliphatic heterocycles. The van der Waals surface area contributed by atoms with E-state index in [0.717, 1.165) is 30.6 Å². The second-order valence-electron chi connectivity index (χ2n) is 4.03. The Morgan fingerprint density at radius 3 is 2.56 bits per heavy atom. The molecule has 0 saturated heterocycles. The van der Waals surface area contributed by atoms with E-state index in [9.17, 15) is 8.42 Å². The van der Waals surface area contributed by atoms with Crippen molar-refractivity contribution in [3.63, 3.8) is 0 Å². The maximum absolute atomic E-state index is 11.4. The van der Waals surface area contributed by atoms with Gasteiger partial charge in [0.1, 0.15) is 0 Å². The number of unbranched alkanes of at least 4 members (excludes halogenated alkanes) is 1. The highest BCUT2D eigenvalue weighted by atomic mass is 32.2. The number of aryl methyl sites for hydroxylation is 1. The number of rotatable bonds is 5. The summed E-state index contributed by atoms with van der Waals surface area (Å²) in [7, 11) is -3.11. The number of hydrogen-bond donors (Lipinski definition) is 1. The highest BCUT2D eigenvalue weighted by Gasteiger charge is 2.08. The Kier molecular flexibility index (Phi) is 4.35. The van der Waals surface area contributed by atoms with Gasteiger partial charge in [-0.25, -0.2) is 8.42 Å². The first-order chi connectivity index (χ1) is 7.45. The molecular weight excluding hydrogens is 222 g/mol. The molecule has 0 fully saturated rings. The Morgan fingerprint density at radius 2 is 2.00 bits per heavy atom. The van der Waals surface area contributed by atoms with Crippen molar-refractivity contribution in [2.75, 3.05) is 18.1 Å². The molecule has 1 N–H and O–H groups in total. The maximum atomic E-state index is 11.4. The lowest BCUT2D eigenvalue weighted by Crippen LogP contribution is -2.04. The zero-order chi connectivity index (χ0) is 12.2. The normalized spacial score (nSPS) is 11.4. The smallest absolute Gasteiger partial charge is 0.175 e. The predicted octanol–water partition coefficient (Wildman–Crippen LogP) is 2.61. The fourth-order valence-corrected chi connectivity index (χ4v) is 2.07. The Balaban J connectivity index is 2.91. The molecule has 1 aromatic rings. The molecule has 3 nitrogen and oxygen atoms in total. The van der Waals surface area contributed by atoms with Crippen LogP contribution < -0.4 is 5.32 Å². The minimum Gasteiger partial charge on any atom is -0.385 e. The van der Waals surface area contributed by atoms with Gasteiger partial charge in [-0.05, 0) is 31.0 Å².